The minimum Gasteiger partial charge on any atom is -0.544 e. The number of carboxylic acid groups (broad SMARTS) is 1. The lowest BCUT2D eigenvalue weighted by atomic mass is 10.2. The fraction of sp³-hybridized carbons (Fsp3) is 0.312. The van der Waals surface area contributed by atoms with Gasteiger partial charge in [-0.15, -0.1) is 5.10 Å². The Hall–Kier alpha value is -1.99. The standard InChI is InChI=1S/C16H18ClN3O3S/c1-3-5-14-18-16(20-19-14)24-13(15(21)22)9-10-6-7-12(23-4-2)11(17)8-10/h6-9H,3-5H2,1-2H3,(H,21,22)(H,18,19,20)/p-1/b13-9-. The van der Waals surface area contributed by atoms with E-state index in [0.29, 0.717) is 28.1 Å². The van der Waals surface area contributed by atoms with Crippen LogP contribution in [0.15, 0.2) is 28.3 Å². The third-order valence-electron chi connectivity index (χ3n) is 2.95. The van der Waals surface area contributed by atoms with E-state index in [1.165, 1.54) is 6.08 Å². The second kappa shape index (κ2) is 8.75. The molecule has 2 aromatic rings. The Morgan fingerprint density at radius 1 is 1.46 bits per heavy atom. The third kappa shape index (κ3) is 5.01. The van der Waals surface area contributed by atoms with E-state index in [2.05, 4.69) is 15.2 Å². The maximum Gasteiger partial charge on any atom is 0.213 e. The first kappa shape index (κ1) is 18.4. The van der Waals surface area contributed by atoms with Gasteiger partial charge in [0.1, 0.15) is 11.6 Å². The van der Waals surface area contributed by atoms with E-state index in [4.69, 9.17) is 16.3 Å². The first-order chi connectivity index (χ1) is 11.5. The van der Waals surface area contributed by atoms with Gasteiger partial charge >= 0.3 is 0 Å². The first-order valence-corrected chi connectivity index (χ1v) is 8.67. The molecule has 0 atom stereocenters. The van der Waals surface area contributed by atoms with Gasteiger partial charge in [0.25, 0.3) is 0 Å². The fourth-order valence-electron chi connectivity index (χ4n) is 1.93. The lowest BCUT2D eigenvalue weighted by molar-refractivity contribution is -0.297. The van der Waals surface area contributed by atoms with Crippen molar-refractivity contribution in [2.24, 2.45) is 0 Å². The number of H-pyrrole nitrogens is 1. The molecule has 0 spiro atoms. The summed E-state index contributed by atoms with van der Waals surface area (Å²) in [4.78, 5) is 15.6. The number of nitrogens with one attached hydrogen (secondary N) is 1. The number of aromatic amines is 1. The fourth-order valence-corrected chi connectivity index (χ4v) is 2.90. The maximum absolute atomic E-state index is 11.4. The molecule has 6 nitrogen and oxygen atoms in total. The van der Waals surface area contributed by atoms with Crippen LogP contribution in [0.4, 0.5) is 0 Å². The second-order valence-corrected chi connectivity index (χ2v) is 6.25. The molecule has 1 N–H and O–H groups in total. The number of benzene rings is 1. The second-order valence-electron chi connectivity index (χ2n) is 4.84. The zero-order chi connectivity index (χ0) is 17.5. The van der Waals surface area contributed by atoms with Crippen LogP contribution in [0.1, 0.15) is 31.7 Å². The molecule has 0 bridgehead atoms. The number of ether oxygens (including phenoxy) is 1. The van der Waals surface area contributed by atoms with Crippen LogP contribution in [0.5, 0.6) is 5.75 Å². The monoisotopic (exact) mass is 366 g/mol. The minimum absolute atomic E-state index is 0.00252. The van der Waals surface area contributed by atoms with Crippen molar-refractivity contribution in [3.8, 4) is 5.75 Å². The van der Waals surface area contributed by atoms with Crippen LogP contribution in [0.2, 0.25) is 5.02 Å². The van der Waals surface area contributed by atoms with E-state index in [1.807, 2.05) is 13.8 Å². The van der Waals surface area contributed by atoms with Crippen molar-refractivity contribution in [2.45, 2.75) is 31.8 Å². The highest BCUT2D eigenvalue weighted by Crippen LogP contribution is 2.29. The molecule has 0 aliphatic carbocycles. The molecular weight excluding hydrogens is 350 g/mol. The molecule has 128 valence electrons. The Labute approximate surface area is 149 Å². The van der Waals surface area contributed by atoms with Crippen LogP contribution in [0.25, 0.3) is 6.08 Å². The minimum atomic E-state index is -1.30. The summed E-state index contributed by atoms with van der Waals surface area (Å²) in [5, 5.41) is 18.9. The molecule has 1 aromatic heterocycles. The molecule has 1 aromatic carbocycles. The SMILES string of the molecule is CCCc1nc(S/C(=C\c2ccc(OCC)c(Cl)c2)C(=O)[O-])n[nH]1. The number of carboxylic acids is 1. The summed E-state index contributed by atoms with van der Waals surface area (Å²) in [5.74, 6) is -0.0224. The predicted octanol–water partition coefficient (Wildman–Crippen LogP) is 2.69. The largest absolute Gasteiger partial charge is 0.544 e. The Kier molecular flexibility index (Phi) is 6.69. The van der Waals surface area contributed by atoms with Gasteiger partial charge in [0.2, 0.25) is 5.16 Å². The number of aromatic nitrogens is 3. The number of hydrogen-bond donors (Lipinski definition) is 1. The third-order valence-corrected chi connectivity index (χ3v) is 4.12. The van der Waals surface area contributed by atoms with Crippen molar-refractivity contribution in [3.63, 3.8) is 0 Å². The van der Waals surface area contributed by atoms with E-state index >= 15 is 0 Å². The normalized spacial score (nSPS) is 11.5. The molecule has 0 fully saturated rings. The van der Waals surface area contributed by atoms with Gasteiger partial charge in [-0.05, 0) is 48.9 Å². The van der Waals surface area contributed by atoms with E-state index in [0.717, 1.165) is 30.4 Å². The molecule has 0 saturated carbocycles. The van der Waals surface area contributed by atoms with Crippen molar-refractivity contribution in [3.05, 3.63) is 39.5 Å². The molecular formula is C16H17ClN3O3S-. The van der Waals surface area contributed by atoms with Crippen molar-refractivity contribution in [2.75, 3.05) is 6.61 Å². The number of aliphatic carboxylic acids is 1. The van der Waals surface area contributed by atoms with Crippen molar-refractivity contribution < 1.29 is 14.6 Å². The lowest BCUT2D eigenvalue weighted by Crippen LogP contribution is -2.23. The average molecular weight is 367 g/mol. The molecule has 0 aliphatic heterocycles. The smallest absolute Gasteiger partial charge is 0.213 e. The lowest BCUT2D eigenvalue weighted by Gasteiger charge is -2.08. The summed E-state index contributed by atoms with van der Waals surface area (Å²) < 4.78 is 5.35. The summed E-state index contributed by atoms with van der Waals surface area (Å²) >= 11 is 7.05. The molecule has 2 rings (SSSR count). The van der Waals surface area contributed by atoms with Crippen LogP contribution in [-0.4, -0.2) is 27.8 Å². The Morgan fingerprint density at radius 3 is 2.88 bits per heavy atom. The Morgan fingerprint density at radius 2 is 2.25 bits per heavy atom. The molecule has 0 radical (unpaired) electrons. The summed E-state index contributed by atoms with van der Waals surface area (Å²) in [7, 11) is 0. The first-order valence-electron chi connectivity index (χ1n) is 7.48. The Bertz CT molecular complexity index is 746. The number of halogens is 1. The van der Waals surface area contributed by atoms with Gasteiger partial charge in [0.05, 0.1) is 17.6 Å². The molecule has 0 unspecified atom stereocenters. The van der Waals surface area contributed by atoms with E-state index in [-0.39, 0.29) is 4.91 Å². The average Bonchev–Trinajstić information content (AvgIpc) is 2.97. The Balaban J connectivity index is 2.21. The highest BCUT2D eigenvalue weighted by Gasteiger charge is 2.09. The summed E-state index contributed by atoms with van der Waals surface area (Å²) in [6, 6.07) is 5.05. The zero-order valence-corrected chi connectivity index (χ0v) is 14.9. The van der Waals surface area contributed by atoms with Gasteiger partial charge in [-0.1, -0.05) is 24.6 Å². The molecule has 1 heterocycles. The quantitative estimate of drug-likeness (QED) is 0.570. The van der Waals surface area contributed by atoms with Gasteiger partial charge in [0, 0.05) is 11.3 Å². The highest BCUT2D eigenvalue weighted by atomic mass is 35.5. The van der Waals surface area contributed by atoms with Crippen molar-refractivity contribution in [1.29, 1.82) is 0 Å². The number of hydrogen-bond acceptors (Lipinski definition) is 6. The highest BCUT2D eigenvalue weighted by molar-refractivity contribution is 8.04. The van der Waals surface area contributed by atoms with Crippen molar-refractivity contribution in [1.82, 2.24) is 15.2 Å². The van der Waals surface area contributed by atoms with Crippen LogP contribution >= 0.6 is 23.4 Å². The van der Waals surface area contributed by atoms with E-state index < -0.39 is 5.97 Å². The van der Waals surface area contributed by atoms with Gasteiger partial charge in [-0.25, -0.2) is 4.98 Å². The van der Waals surface area contributed by atoms with Crippen LogP contribution in [0.3, 0.4) is 0 Å². The van der Waals surface area contributed by atoms with Gasteiger partial charge in [0.15, 0.2) is 0 Å². The maximum atomic E-state index is 11.4. The molecule has 8 heteroatoms. The molecule has 0 aliphatic rings. The topological polar surface area (TPSA) is 90.9 Å². The van der Waals surface area contributed by atoms with Crippen molar-refractivity contribution >= 4 is 35.4 Å². The predicted molar refractivity (Wildman–Crippen MR) is 91.8 cm³/mol. The number of carbonyl (C=O) groups excluding carboxylic acids is 1. The summed E-state index contributed by atoms with van der Waals surface area (Å²) in [6.07, 6.45) is 3.15. The number of aryl methyl sites for hydroxylation is 1. The summed E-state index contributed by atoms with van der Waals surface area (Å²) in [6.45, 7) is 4.39. The number of carbonyl (C=O) groups is 1. The van der Waals surface area contributed by atoms with E-state index in [1.54, 1.807) is 18.2 Å². The van der Waals surface area contributed by atoms with Gasteiger partial charge < -0.3 is 14.6 Å². The van der Waals surface area contributed by atoms with Crippen LogP contribution in [-0.2, 0) is 11.2 Å². The van der Waals surface area contributed by atoms with E-state index in [9.17, 15) is 9.90 Å². The number of rotatable bonds is 8. The number of nitrogens with zero attached hydrogens (tertiary/aromatic N) is 2. The summed E-state index contributed by atoms with van der Waals surface area (Å²) in [5.41, 5.74) is 0.625. The van der Waals surface area contributed by atoms with Crippen LogP contribution in [0, 0.1) is 0 Å². The molecule has 0 saturated heterocycles. The number of thioether (sulfide) groups is 1. The zero-order valence-electron chi connectivity index (χ0n) is 13.3. The van der Waals surface area contributed by atoms with Gasteiger partial charge in [-0.2, -0.15) is 0 Å². The molecule has 24 heavy (non-hydrogen) atoms. The molecule has 0 amide bonds. The van der Waals surface area contributed by atoms with Gasteiger partial charge in [-0.3, -0.25) is 5.10 Å². The van der Waals surface area contributed by atoms with Crippen LogP contribution < -0.4 is 9.84 Å².